The van der Waals surface area contributed by atoms with Gasteiger partial charge in [0.2, 0.25) is 0 Å². The van der Waals surface area contributed by atoms with Crippen LogP contribution in [0.5, 0.6) is 5.75 Å². The van der Waals surface area contributed by atoms with Crippen molar-refractivity contribution in [1.82, 2.24) is 4.98 Å². The number of aromatic nitrogens is 1. The van der Waals surface area contributed by atoms with Gasteiger partial charge in [-0.15, -0.1) is 0 Å². The maximum absolute atomic E-state index is 5.87. The molecule has 0 aliphatic rings. The average Bonchev–Trinajstić information content (AvgIpc) is 2.16. The van der Waals surface area contributed by atoms with Crippen LogP contribution in [0.25, 0.3) is 10.9 Å². The lowest BCUT2D eigenvalue weighted by atomic mass is 10.1. The van der Waals surface area contributed by atoms with Crippen molar-refractivity contribution in [3.05, 3.63) is 30.0 Å². The highest BCUT2D eigenvalue weighted by Gasteiger charge is 2.01. The Balaban J connectivity index is 2.75. The van der Waals surface area contributed by atoms with Crippen LogP contribution in [0.1, 0.15) is 5.69 Å². The molecule has 0 aliphatic heterocycles. The summed E-state index contributed by atoms with van der Waals surface area (Å²) in [5, 5.41) is 0.969. The Labute approximate surface area is 82.5 Å². The predicted octanol–water partition coefficient (Wildman–Crippen LogP) is 2.13. The van der Waals surface area contributed by atoms with E-state index in [1.165, 1.54) is 0 Å². The van der Waals surface area contributed by atoms with Gasteiger partial charge in [0.25, 0.3) is 0 Å². The minimum atomic E-state index is 0.759. The van der Waals surface area contributed by atoms with E-state index in [-0.39, 0.29) is 0 Å². The van der Waals surface area contributed by atoms with E-state index < -0.39 is 0 Å². The first-order valence-electron chi connectivity index (χ1n) is 4.41. The van der Waals surface area contributed by atoms with E-state index in [0.717, 1.165) is 28.0 Å². The van der Waals surface area contributed by atoms with E-state index in [9.17, 15) is 0 Å². The van der Waals surface area contributed by atoms with Crippen molar-refractivity contribution in [2.75, 3.05) is 12.8 Å². The van der Waals surface area contributed by atoms with Crippen LogP contribution in [0.4, 0.5) is 5.69 Å². The first-order valence-corrected chi connectivity index (χ1v) is 4.41. The third kappa shape index (κ3) is 1.37. The molecule has 3 heteroatoms. The summed E-state index contributed by atoms with van der Waals surface area (Å²) in [7, 11) is 1.64. The molecule has 0 fully saturated rings. The molecular formula is C11H12N2O. The van der Waals surface area contributed by atoms with Crippen LogP contribution in [0.15, 0.2) is 24.3 Å². The fourth-order valence-electron chi connectivity index (χ4n) is 1.50. The van der Waals surface area contributed by atoms with Crippen LogP contribution < -0.4 is 10.5 Å². The number of anilines is 1. The van der Waals surface area contributed by atoms with Gasteiger partial charge >= 0.3 is 0 Å². The minimum Gasteiger partial charge on any atom is -0.497 e. The third-order valence-corrected chi connectivity index (χ3v) is 2.18. The molecule has 0 amide bonds. The largest absolute Gasteiger partial charge is 0.497 e. The number of nitrogen functional groups attached to an aromatic ring is 1. The van der Waals surface area contributed by atoms with Gasteiger partial charge in [0.1, 0.15) is 5.75 Å². The molecule has 2 N–H and O–H groups in total. The summed E-state index contributed by atoms with van der Waals surface area (Å²) in [6, 6.07) is 7.57. The van der Waals surface area contributed by atoms with Crippen molar-refractivity contribution >= 4 is 16.6 Å². The highest BCUT2D eigenvalue weighted by Crippen LogP contribution is 2.24. The third-order valence-electron chi connectivity index (χ3n) is 2.18. The van der Waals surface area contributed by atoms with Gasteiger partial charge in [-0.25, -0.2) is 0 Å². The number of nitrogens with zero attached hydrogens (tertiary/aromatic N) is 1. The fourth-order valence-corrected chi connectivity index (χ4v) is 1.50. The molecule has 0 bridgehead atoms. The number of hydrogen-bond donors (Lipinski definition) is 1. The van der Waals surface area contributed by atoms with E-state index in [2.05, 4.69) is 4.98 Å². The van der Waals surface area contributed by atoms with Gasteiger partial charge in [0.15, 0.2) is 0 Å². The lowest BCUT2D eigenvalue weighted by Crippen LogP contribution is -1.92. The van der Waals surface area contributed by atoms with Crippen LogP contribution in [-0.2, 0) is 0 Å². The van der Waals surface area contributed by atoms with Gasteiger partial charge in [-0.3, -0.25) is 4.98 Å². The van der Waals surface area contributed by atoms with Crippen LogP contribution in [-0.4, -0.2) is 12.1 Å². The van der Waals surface area contributed by atoms with Crippen molar-refractivity contribution in [3.8, 4) is 5.75 Å². The predicted molar refractivity (Wildman–Crippen MR) is 57.4 cm³/mol. The molecule has 0 atom stereocenters. The molecule has 1 heterocycles. The summed E-state index contributed by atoms with van der Waals surface area (Å²) in [5.41, 5.74) is 8.42. The zero-order valence-corrected chi connectivity index (χ0v) is 8.24. The molecule has 14 heavy (non-hydrogen) atoms. The van der Waals surface area contributed by atoms with Crippen LogP contribution >= 0.6 is 0 Å². The van der Waals surface area contributed by atoms with Crippen LogP contribution in [0.3, 0.4) is 0 Å². The van der Waals surface area contributed by atoms with E-state index in [1.54, 1.807) is 7.11 Å². The molecule has 2 aromatic rings. The first kappa shape index (κ1) is 8.81. The second-order valence-corrected chi connectivity index (χ2v) is 3.24. The molecule has 0 radical (unpaired) electrons. The lowest BCUT2D eigenvalue weighted by Gasteiger charge is -2.05. The minimum absolute atomic E-state index is 0.759. The van der Waals surface area contributed by atoms with Crippen molar-refractivity contribution in [3.63, 3.8) is 0 Å². The van der Waals surface area contributed by atoms with Crippen LogP contribution in [0.2, 0.25) is 0 Å². The molecule has 72 valence electrons. The SMILES string of the molecule is COc1ccc2c(N)cc(C)nc2c1. The number of methoxy groups -OCH3 is 1. The number of benzene rings is 1. The van der Waals surface area contributed by atoms with Gasteiger partial charge in [0, 0.05) is 22.8 Å². The number of nitrogens with two attached hydrogens (primary N) is 1. The number of rotatable bonds is 1. The molecule has 0 aliphatic carbocycles. The Morgan fingerprint density at radius 1 is 1.29 bits per heavy atom. The van der Waals surface area contributed by atoms with E-state index in [0.29, 0.717) is 0 Å². The van der Waals surface area contributed by atoms with Crippen LogP contribution in [0, 0.1) is 6.92 Å². The second kappa shape index (κ2) is 3.18. The van der Waals surface area contributed by atoms with Crippen molar-refractivity contribution in [1.29, 1.82) is 0 Å². The average molecular weight is 188 g/mol. The van der Waals surface area contributed by atoms with Gasteiger partial charge in [0.05, 0.1) is 12.6 Å². The lowest BCUT2D eigenvalue weighted by molar-refractivity contribution is 0.415. The van der Waals surface area contributed by atoms with Gasteiger partial charge < -0.3 is 10.5 Å². The Kier molecular flexibility index (Phi) is 2.00. The zero-order valence-electron chi connectivity index (χ0n) is 8.24. The van der Waals surface area contributed by atoms with E-state index in [1.807, 2.05) is 31.2 Å². The monoisotopic (exact) mass is 188 g/mol. The van der Waals surface area contributed by atoms with Gasteiger partial charge in [-0.1, -0.05) is 0 Å². The number of aryl methyl sites for hydroxylation is 1. The summed E-state index contributed by atoms with van der Waals surface area (Å²) in [6.07, 6.45) is 0. The Morgan fingerprint density at radius 2 is 2.07 bits per heavy atom. The molecule has 0 saturated heterocycles. The molecule has 2 rings (SSSR count). The first-order chi connectivity index (χ1) is 6.70. The molecule has 0 spiro atoms. The normalized spacial score (nSPS) is 10.4. The standard InChI is InChI=1S/C11H12N2O/c1-7-5-10(12)9-4-3-8(14-2)6-11(9)13-7/h3-6H,1-2H3,(H2,12,13). The maximum atomic E-state index is 5.87. The smallest absolute Gasteiger partial charge is 0.121 e. The quantitative estimate of drug-likeness (QED) is 0.745. The number of ether oxygens (including phenoxy) is 1. The summed E-state index contributed by atoms with van der Waals surface area (Å²) in [5.74, 6) is 0.801. The summed E-state index contributed by atoms with van der Waals surface area (Å²) in [4.78, 5) is 4.39. The van der Waals surface area contributed by atoms with E-state index >= 15 is 0 Å². The number of pyridine rings is 1. The van der Waals surface area contributed by atoms with Gasteiger partial charge in [-0.2, -0.15) is 0 Å². The topological polar surface area (TPSA) is 48.1 Å². The summed E-state index contributed by atoms with van der Waals surface area (Å²) < 4.78 is 5.12. The number of hydrogen-bond acceptors (Lipinski definition) is 3. The van der Waals surface area contributed by atoms with Crippen molar-refractivity contribution in [2.45, 2.75) is 6.92 Å². The van der Waals surface area contributed by atoms with Gasteiger partial charge in [-0.05, 0) is 25.1 Å². The molecule has 3 nitrogen and oxygen atoms in total. The Bertz CT molecular complexity index is 480. The summed E-state index contributed by atoms with van der Waals surface area (Å²) in [6.45, 7) is 1.93. The molecule has 0 saturated carbocycles. The molecular weight excluding hydrogens is 176 g/mol. The Hall–Kier alpha value is -1.77. The Morgan fingerprint density at radius 3 is 2.79 bits per heavy atom. The van der Waals surface area contributed by atoms with Crippen molar-refractivity contribution in [2.24, 2.45) is 0 Å². The number of fused-ring (bicyclic) bond motifs is 1. The fraction of sp³-hybridized carbons (Fsp3) is 0.182. The second-order valence-electron chi connectivity index (χ2n) is 3.24. The van der Waals surface area contributed by atoms with Crippen molar-refractivity contribution < 1.29 is 4.74 Å². The summed E-state index contributed by atoms with van der Waals surface area (Å²) >= 11 is 0. The molecule has 1 aromatic carbocycles. The highest BCUT2D eigenvalue weighted by atomic mass is 16.5. The maximum Gasteiger partial charge on any atom is 0.121 e. The molecule has 1 aromatic heterocycles. The highest BCUT2D eigenvalue weighted by molar-refractivity contribution is 5.91. The zero-order chi connectivity index (χ0) is 10.1. The van der Waals surface area contributed by atoms with E-state index in [4.69, 9.17) is 10.5 Å². The molecule has 0 unspecified atom stereocenters.